The Morgan fingerprint density at radius 3 is 3.00 bits per heavy atom. The van der Waals surface area contributed by atoms with E-state index in [1.165, 1.54) is 45.2 Å². The summed E-state index contributed by atoms with van der Waals surface area (Å²) in [5.41, 5.74) is 0. The predicted octanol–water partition coefficient (Wildman–Crippen LogP) is 1.80. The molecule has 2 unspecified atom stereocenters. The summed E-state index contributed by atoms with van der Waals surface area (Å²) in [4.78, 5) is 0. The van der Waals surface area contributed by atoms with Gasteiger partial charge in [0.1, 0.15) is 0 Å². The molecule has 0 aliphatic carbocycles. The van der Waals surface area contributed by atoms with Crippen molar-refractivity contribution < 1.29 is 4.74 Å². The van der Waals surface area contributed by atoms with Crippen molar-refractivity contribution >= 4 is 0 Å². The summed E-state index contributed by atoms with van der Waals surface area (Å²) < 4.78 is 5.41. The van der Waals surface area contributed by atoms with Crippen LogP contribution in [-0.4, -0.2) is 26.3 Å². The molecule has 2 rings (SSSR count). The van der Waals surface area contributed by atoms with Gasteiger partial charge in [0, 0.05) is 13.2 Å². The fourth-order valence-corrected chi connectivity index (χ4v) is 2.53. The molecule has 13 heavy (non-hydrogen) atoms. The van der Waals surface area contributed by atoms with E-state index in [1.807, 2.05) is 0 Å². The molecule has 0 radical (unpaired) electrons. The lowest BCUT2D eigenvalue weighted by molar-refractivity contribution is 0.179. The van der Waals surface area contributed by atoms with Gasteiger partial charge in [-0.15, -0.1) is 0 Å². The summed E-state index contributed by atoms with van der Waals surface area (Å²) in [5, 5.41) is 3.53. The van der Waals surface area contributed by atoms with Crippen LogP contribution in [0, 0.1) is 11.8 Å². The topological polar surface area (TPSA) is 21.3 Å². The molecule has 0 amide bonds. The second-order valence-electron chi connectivity index (χ2n) is 4.53. The van der Waals surface area contributed by atoms with Gasteiger partial charge < -0.3 is 10.1 Å². The van der Waals surface area contributed by atoms with Crippen molar-refractivity contribution in [1.29, 1.82) is 0 Å². The lowest BCUT2D eigenvalue weighted by Gasteiger charge is -2.17. The van der Waals surface area contributed by atoms with Crippen molar-refractivity contribution in [2.75, 3.05) is 26.3 Å². The van der Waals surface area contributed by atoms with Gasteiger partial charge in [-0.3, -0.25) is 0 Å². The first-order valence-corrected chi connectivity index (χ1v) is 5.73. The molecule has 2 aliphatic heterocycles. The number of nitrogens with one attached hydrogen (secondary N) is 1. The first-order chi connectivity index (χ1) is 6.45. The average Bonchev–Trinajstić information content (AvgIpc) is 2.49. The molecule has 2 nitrogen and oxygen atoms in total. The van der Waals surface area contributed by atoms with Crippen LogP contribution in [0.15, 0.2) is 0 Å². The third-order valence-electron chi connectivity index (χ3n) is 3.34. The molecule has 2 heterocycles. The minimum absolute atomic E-state index is 0.866. The molecule has 1 N–H and O–H groups in total. The summed E-state index contributed by atoms with van der Waals surface area (Å²) in [5.74, 6) is 1.79. The second-order valence-corrected chi connectivity index (χ2v) is 4.53. The molecular formula is C11H21NO. The van der Waals surface area contributed by atoms with Crippen molar-refractivity contribution in [3.63, 3.8) is 0 Å². The van der Waals surface area contributed by atoms with Crippen LogP contribution in [-0.2, 0) is 4.74 Å². The van der Waals surface area contributed by atoms with E-state index in [0.29, 0.717) is 0 Å². The summed E-state index contributed by atoms with van der Waals surface area (Å²) in [7, 11) is 0. The summed E-state index contributed by atoms with van der Waals surface area (Å²) in [6, 6.07) is 0. The fourth-order valence-electron chi connectivity index (χ4n) is 2.53. The van der Waals surface area contributed by atoms with Crippen LogP contribution in [0.25, 0.3) is 0 Å². The third kappa shape index (κ3) is 2.96. The molecule has 0 aromatic rings. The Morgan fingerprint density at radius 2 is 2.15 bits per heavy atom. The Balaban J connectivity index is 1.71. The minimum Gasteiger partial charge on any atom is -0.381 e. The maximum Gasteiger partial charge on any atom is 0.0495 e. The quantitative estimate of drug-likeness (QED) is 0.705. The number of ether oxygens (including phenoxy) is 1. The summed E-state index contributed by atoms with van der Waals surface area (Å²) >= 11 is 0. The van der Waals surface area contributed by atoms with E-state index in [4.69, 9.17) is 4.74 Å². The highest BCUT2D eigenvalue weighted by Crippen LogP contribution is 2.25. The van der Waals surface area contributed by atoms with Crippen molar-refractivity contribution in [2.24, 2.45) is 11.8 Å². The molecule has 0 aromatic carbocycles. The van der Waals surface area contributed by atoms with E-state index >= 15 is 0 Å². The zero-order valence-corrected chi connectivity index (χ0v) is 8.43. The minimum atomic E-state index is 0.866. The van der Waals surface area contributed by atoms with Crippen molar-refractivity contribution in [3.8, 4) is 0 Å². The summed E-state index contributed by atoms with van der Waals surface area (Å²) in [6.45, 7) is 4.51. The average molecular weight is 183 g/mol. The van der Waals surface area contributed by atoms with Crippen LogP contribution in [0.4, 0.5) is 0 Å². The normalized spacial score (nSPS) is 36.0. The van der Waals surface area contributed by atoms with Gasteiger partial charge in [-0.05, 0) is 50.6 Å². The van der Waals surface area contributed by atoms with Crippen molar-refractivity contribution in [3.05, 3.63) is 0 Å². The van der Waals surface area contributed by atoms with E-state index in [1.54, 1.807) is 0 Å². The van der Waals surface area contributed by atoms with Gasteiger partial charge >= 0.3 is 0 Å². The molecule has 0 spiro atoms. The second kappa shape index (κ2) is 4.97. The zero-order valence-electron chi connectivity index (χ0n) is 8.43. The van der Waals surface area contributed by atoms with Gasteiger partial charge in [-0.2, -0.15) is 0 Å². The largest absolute Gasteiger partial charge is 0.381 e. The Bertz CT molecular complexity index is 135. The number of rotatable bonds is 2. The third-order valence-corrected chi connectivity index (χ3v) is 3.34. The number of hydrogen-bond acceptors (Lipinski definition) is 2. The number of hydrogen-bond donors (Lipinski definition) is 1. The van der Waals surface area contributed by atoms with Crippen molar-refractivity contribution in [1.82, 2.24) is 5.32 Å². The highest BCUT2D eigenvalue weighted by atomic mass is 16.5. The van der Waals surface area contributed by atoms with E-state index in [-0.39, 0.29) is 0 Å². The Labute approximate surface area is 81.0 Å². The molecule has 2 fully saturated rings. The summed E-state index contributed by atoms with van der Waals surface area (Å²) in [6.07, 6.45) is 6.93. The standard InChI is InChI=1S/C11H21NO/c1-2-5-12-8-10(3-1)7-11-4-6-13-9-11/h10-12H,1-9H2. The van der Waals surface area contributed by atoms with Crippen LogP contribution in [0.3, 0.4) is 0 Å². The first kappa shape index (κ1) is 9.47. The molecule has 2 atom stereocenters. The maximum absolute atomic E-state index is 5.41. The van der Waals surface area contributed by atoms with Crippen LogP contribution >= 0.6 is 0 Å². The predicted molar refractivity (Wildman–Crippen MR) is 53.8 cm³/mol. The Morgan fingerprint density at radius 1 is 1.15 bits per heavy atom. The van der Waals surface area contributed by atoms with Crippen molar-refractivity contribution in [2.45, 2.75) is 32.1 Å². The molecule has 2 saturated heterocycles. The van der Waals surface area contributed by atoms with Gasteiger partial charge in [0.15, 0.2) is 0 Å². The van der Waals surface area contributed by atoms with Gasteiger partial charge in [0.2, 0.25) is 0 Å². The van der Waals surface area contributed by atoms with E-state index in [9.17, 15) is 0 Å². The Hall–Kier alpha value is -0.0800. The monoisotopic (exact) mass is 183 g/mol. The fraction of sp³-hybridized carbons (Fsp3) is 1.00. The van der Waals surface area contributed by atoms with E-state index < -0.39 is 0 Å². The molecule has 0 aromatic heterocycles. The maximum atomic E-state index is 5.41. The van der Waals surface area contributed by atoms with E-state index in [2.05, 4.69) is 5.32 Å². The molecular weight excluding hydrogens is 162 g/mol. The van der Waals surface area contributed by atoms with Gasteiger partial charge in [-0.25, -0.2) is 0 Å². The van der Waals surface area contributed by atoms with Crippen LogP contribution in [0.1, 0.15) is 32.1 Å². The molecule has 2 aliphatic rings. The van der Waals surface area contributed by atoms with Gasteiger partial charge in [-0.1, -0.05) is 6.42 Å². The molecule has 0 bridgehead atoms. The van der Waals surface area contributed by atoms with Crippen LogP contribution in [0.2, 0.25) is 0 Å². The van der Waals surface area contributed by atoms with Gasteiger partial charge in [0.25, 0.3) is 0 Å². The molecule has 0 saturated carbocycles. The van der Waals surface area contributed by atoms with Gasteiger partial charge in [0.05, 0.1) is 0 Å². The highest BCUT2D eigenvalue weighted by molar-refractivity contribution is 4.73. The lowest BCUT2D eigenvalue weighted by atomic mass is 9.91. The Kier molecular flexibility index (Phi) is 3.62. The lowest BCUT2D eigenvalue weighted by Crippen LogP contribution is -2.22. The smallest absolute Gasteiger partial charge is 0.0495 e. The molecule has 76 valence electrons. The highest BCUT2D eigenvalue weighted by Gasteiger charge is 2.21. The SMILES string of the molecule is C1CCC(CC2CCOC2)CNC1. The molecule has 2 heteroatoms. The van der Waals surface area contributed by atoms with Crippen LogP contribution < -0.4 is 5.32 Å². The van der Waals surface area contributed by atoms with Crippen LogP contribution in [0.5, 0.6) is 0 Å². The first-order valence-electron chi connectivity index (χ1n) is 5.73. The van der Waals surface area contributed by atoms with E-state index in [0.717, 1.165) is 25.0 Å². The zero-order chi connectivity index (χ0) is 8.93.